The molecule has 0 radical (unpaired) electrons. The van der Waals surface area contributed by atoms with Crippen LogP contribution in [0.3, 0.4) is 0 Å². The number of aliphatic hydroxyl groups is 1. The van der Waals surface area contributed by atoms with Crippen molar-refractivity contribution in [2.45, 2.75) is 6.54 Å². The number of hydrogen-bond donors (Lipinski definition) is 3. The Kier molecular flexibility index (Phi) is 4.39. The van der Waals surface area contributed by atoms with Gasteiger partial charge in [-0.2, -0.15) is 0 Å². The normalized spacial score (nSPS) is 13.0. The Morgan fingerprint density at radius 1 is 1.40 bits per heavy atom. The summed E-state index contributed by atoms with van der Waals surface area (Å²) in [4.78, 5) is 4.29. The maximum atomic E-state index is 8.65. The standard InChI is InChI=1S/C10H13N3O.ClH/c14-6-5-11-10-12-7-8-3-1-2-4-9(8)13-10;/h1-4,14H,5-7H2,(H2,11,12,13);1H. The first-order valence-corrected chi connectivity index (χ1v) is 4.64. The van der Waals surface area contributed by atoms with Crippen LogP contribution in [-0.4, -0.2) is 24.2 Å². The number of halogens is 1. The molecule has 15 heavy (non-hydrogen) atoms. The van der Waals surface area contributed by atoms with Crippen molar-refractivity contribution < 1.29 is 5.11 Å². The summed E-state index contributed by atoms with van der Waals surface area (Å²) in [5.74, 6) is 0.734. The minimum absolute atomic E-state index is 0. The van der Waals surface area contributed by atoms with Crippen LogP contribution < -0.4 is 10.6 Å². The lowest BCUT2D eigenvalue weighted by Crippen LogP contribution is -2.34. The lowest BCUT2D eigenvalue weighted by atomic mass is 10.1. The molecule has 2 rings (SSSR count). The molecule has 1 aromatic rings. The molecule has 1 aliphatic rings. The Balaban J connectivity index is 0.00000112. The van der Waals surface area contributed by atoms with E-state index in [0.717, 1.165) is 11.6 Å². The molecule has 0 aliphatic carbocycles. The van der Waals surface area contributed by atoms with Gasteiger partial charge in [-0.15, -0.1) is 12.4 Å². The Hall–Kier alpha value is -1.26. The van der Waals surface area contributed by atoms with Gasteiger partial charge in [-0.1, -0.05) is 18.2 Å². The van der Waals surface area contributed by atoms with Gasteiger partial charge in [-0.3, -0.25) is 0 Å². The summed E-state index contributed by atoms with van der Waals surface area (Å²) < 4.78 is 0. The van der Waals surface area contributed by atoms with Gasteiger partial charge in [0.15, 0.2) is 5.96 Å². The van der Waals surface area contributed by atoms with Crippen molar-refractivity contribution in [1.29, 1.82) is 0 Å². The molecular weight excluding hydrogens is 214 g/mol. The van der Waals surface area contributed by atoms with Gasteiger partial charge in [0.05, 0.1) is 13.2 Å². The number of nitrogens with zero attached hydrogens (tertiary/aromatic N) is 1. The average molecular weight is 228 g/mol. The van der Waals surface area contributed by atoms with Crippen molar-refractivity contribution in [2.75, 3.05) is 18.5 Å². The zero-order valence-corrected chi connectivity index (χ0v) is 9.05. The van der Waals surface area contributed by atoms with Crippen LogP contribution in [0.1, 0.15) is 5.56 Å². The first kappa shape index (κ1) is 11.8. The molecule has 0 fully saturated rings. The lowest BCUT2D eigenvalue weighted by molar-refractivity contribution is 0.300. The van der Waals surface area contributed by atoms with Crippen LogP contribution in [0.5, 0.6) is 0 Å². The number of guanidine groups is 1. The van der Waals surface area contributed by atoms with E-state index in [1.165, 1.54) is 5.56 Å². The molecular formula is C10H14ClN3O. The summed E-state index contributed by atoms with van der Waals surface area (Å²) in [5.41, 5.74) is 2.28. The second-order valence-electron chi connectivity index (χ2n) is 3.10. The van der Waals surface area contributed by atoms with Crippen molar-refractivity contribution in [3.05, 3.63) is 29.8 Å². The van der Waals surface area contributed by atoms with Crippen molar-refractivity contribution in [3.63, 3.8) is 0 Å². The minimum atomic E-state index is 0. The largest absolute Gasteiger partial charge is 0.395 e. The summed E-state index contributed by atoms with van der Waals surface area (Å²) in [6, 6.07) is 8.06. The number of nitrogens with one attached hydrogen (secondary N) is 2. The molecule has 0 amide bonds. The van der Waals surface area contributed by atoms with Crippen molar-refractivity contribution in [3.8, 4) is 0 Å². The van der Waals surface area contributed by atoms with Gasteiger partial charge in [0.25, 0.3) is 0 Å². The van der Waals surface area contributed by atoms with E-state index in [1.54, 1.807) is 0 Å². The molecule has 0 aromatic heterocycles. The number of fused-ring (bicyclic) bond motifs is 1. The lowest BCUT2D eigenvalue weighted by Gasteiger charge is -2.18. The summed E-state index contributed by atoms with van der Waals surface area (Å²) in [5, 5.41) is 14.8. The second kappa shape index (κ2) is 5.58. The molecule has 0 spiro atoms. The van der Waals surface area contributed by atoms with Crippen molar-refractivity contribution in [1.82, 2.24) is 5.32 Å². The second-order valence-corrected chi connectivity index (χ2v) is 3.10. The van der Waals surface area contributed by atoms with Crippen LogP contribution in [-0.2, 0) is 6.54 Å². The molecule has 4 nitrogen and oxygen atoms in total. The fraction of sp³-hybridized carbons (Fsp3) is 0.300. The van der Waals surface area contributed by atoms with E-state index in [0.29, 0.717) is 13.1 Å². The zero-order chi connectivity index (χ0) is 9.80. The van der Waals surface area contributed by atoms with Crippen LogP contribution >= 0.6 is 12.4 Å². The van der Waals surface area contributed by atoms with Gasteiger partial charge >= 0.3 is 0 Å². The van der Waals surface area contributed by atoms with E-state index in [9.17, 15) is 0 Å². The number of aliphatic imine (C=N–C) groups is 1. The third kappa shape index (κ3) is 2.84. The van der Waals surface area contributed by atoms with Crippen molar-refractivity contribution in [2.24, 2.45) is 4.99 Å². The Morgan fingerprint density at radius 3 is 3.00 bits per heavy atom. The van der Waals surface area contributed by atoms with Crippen LogP contribution in [0.2, 0.25) is 0 Å². The summed E-state index contributed by atoms with van der Waals surface area (Å²) in [6.45, 7) is 1.33. The molecule has 0 unspecified atom stereocenters. The molecule has 0 saturated carbocycles. The number of anilines is 1. The van der Waals surface area contributed by atoms with Gasteiger partial charge < -0.3 is 15.7 Å². The molecule has 0 bridgehead atoms. The molecule has 82 valence electrons. The summed E-state index contributed by atoms with van der Waals surface area (Å²) >= 11 is 0. The quantitative estimate of drug-likeness (QED) is 0.706. The Morgan fingerprint density at radius 2 is 2.20 bits per heavy atom. The van der Waals surface area contributed by atoms with E-state index in [-0.39, 0.29) is 19.0 Å². The smallest absolute Gasteiger partial charge is 0.196 e. The van der Waals surface area contributed by atoms with E-state index < -0.39 is 0 Å². The van der Waals surface area contributed by atoms with Crippen LogP contribution in [0.15, 0.2) is 29.3 Å². The number of rotatable bonds is 2. The van der Waals surface area contributed by atoms with E-state index in [2.05, 4.69) is 21.7 Å². The van der Waals surface area contributed by atoms with Crippen LogP contribution in [0.25, 0.3) is 0 Å². The van der Waals surface area contributed by atoms with Gasteiger partial charge in [-0.25, -0.2) is 4.99 Å². The van der Waals surface area contributed by atoms with E-state index in [4.69, 9.17) is 5.11 Å². The third-order valence-corrected chi connectivity index (χ3v) is 2.08. The van der Waals surface area contributed by atoms with Crippen LogP contribution in [0, 0.1) is 0 Å². The first-order chi connectivity index (χ1) is 6.90. The molecule has 1 heterocycles. The number of para-hydroxylation sites is 1. The fourth-order valence-corrected chi connectivity index (χ4v) is 1.39. The van der Waals surface area contributed by atoms with Gasteiger partial charge in [0, 0.05) is 12.2 Å². The maximum Gasteiger partial charge on any atom is 0.196 e. The molecule has 3 N–H and O–H groups in total. The highest BCUT2D eigenvalue weighted by Crippen LogP contribution is 2.18. The SMILES string of the molecule is Cl.OCCNC1=NCc2ccccc2N1. The number of hydrogen-bond acceptors (Lipinski definition) is 4. The topological polar surface area (TPSA) is 56.6 Å². The van der Waals surface area contributed by atoms with Gasteiger partial charge in [0.1, 0.15) is 0 Å². The highest BCUT2D eigenvalue weighted by atomic mass is 35.5. The third-order valence-electron chi connectivity index (χ3n) is 2.08. The molecule has 1 aromatic carbocycles. The number of aliphatic hydroxyl groups excluding tert-OH is 1. The first-order valence-electron chi connectivity index (χ1n) is 4.64. The fourth-order valence-electron chi connectivity index (χ4n) is 1.39. The highest BCUT2D eigenvalue weighted by molar-refractivity contribution is 5.95. The van der Waals surface area contributed by atoms with Crippen LogP contribution in [0.4, 0.5) is 5.69 Å². The molecule has 5 heteroatoms. The summed E-state index contributed by atoms with van der Waals surface area (Å²) in [6.07, 6.45) is 0. The van der Waals surface area contributed by atoms with Gasteiger partial charge in [0.2, 0.25) is 0 Å². The van der Waals surface area contributed by atoms with E-state index >= 15 is 0 Å². The summed E-state index contributed by atoms with van der Waals surface area (Å²) in [7, 11) is 0. The number of benzene rings is 1. The monoisotopic (exact) mass is 227 g/mol. The van der Waals surface area contributed by atoms with Gasteiger partial charge in [-0.05, 0) is 11.6 Å². The molecule has 0 atom stereocenters. The Labute approximate surface area is 94.8 Å². The molecule has 1 aliphatic heterocycles. The Bertz CT molecular complexity index is 354. The maximum absolute atomic E-state index is 8.65. The van der Waals surface area contributed by atoms with E-state index in [1.807, 2.05) is 18.2 Å². The predicted octanol–water partition coefficient (Wildman–Crippen LogP) is 0.972. The molecule has 0 saturated heterocycles. The minimum Gasteiger partial charge on any atom is -0.395 e. The van der Waals surface area contributed by atoms with Crippen molar-refractivity contribution >= 4 is 24.1 Å². The average Bonchev–Trinajstić information content (AvgIpc) is 2.26. The zero-order valence-electron chi connectivity index (χ0n) is 8.23. The highest BCUT2D eigenvalue weighted by Gasteiger charge is 2.09. The predicted molar refractivity (Wildman–Crippen MR) is 63.5 cm³/mol.